The molecule has 1 atom stereocenters. The quantitative estimate of drug-likeness (QED) is 0.804. The standard InChI is InChI=1S/C10H13ClN2O/c1-7(6-12)10(14)13-9-5-3-2-4-8(9)11/h2-5,7H,6,12H2,1H3,(H,13,14). The molecule has 0 saturated carbocycles. The number of carbonyl (C=O) groups is 1. The summed E-state index contributed by atoms with van der Waals surface area (Å²) in [6.07, 6.45) is 0. The zero-order valence-electron chi connectivity index (χ0n) is 7.96. The zero-order chi connectivity index (χ0) is 10.6. The molecule has 3 nitrogen and oxygen atoms in total. The van der Waals surface area contributed by atoms with Gasteiger partial charge >= 0.3 is 0 Å². The van der Waals surface area contributed by atoms with E-state index in [0.29, 0.717) is 17.3 Å². The number of halogens is 1. The first-order chi connectivity index (χ1) is 6.65. The Kier molecular flexibility index (Phi) is 3.92. The second kappa shape index (κ2) is 4.98. The van der Waals surface area contributed by atoms with Crippen LogP contribution in [-0.4, -0.2) is 12.5 Å². The molecule has 1 amide bonds. The summed E-state index contributed by atoms with van der Waals surface area (Å²) in [6.45, 7) is 2.10. The number of anilines is 1. The summed E-state index contributed by atoms with van der Waals surface area (Å²) in [5.41, 5.74) is 6.00. The number of rotatable bonds is 3. The largest absolute Gasteiger partial charge is 0.330 e. The van der Waals surface area contributed by atoms with E-state index < -0.39 is 0 Å². The Bertz CT molecular complexity index is 328. The first-order valence-corrected chi connectivity index (χ1v) is 4.78. The van der Waals surface area contributed by atoms with Crippen molar-refractivity contribution in [2.75, 3.05) is 11.9 Å². The number of amides is 1. The fraction of sp³-hybridized carbons (Fsp3) is 0.300. The molecular weight excluding hydrogens is 200 g/mol. The molecule has 1 aromatic rings. The molecule has 14 heavy (non-hydrogen) atoms. The fourth-order valence-electron chi connectivity index (χ4n) is 0.926. The van der Waals surface area contributed by atoms with Crippen LogP contribution >= 0.6 is 11.6 Å². The van der Waals surface area contributed by atoms with Crippen molar-refractivity contribution in [2.45, 2.75) is 6.92 Å². The van der Waals surface area contributed by atoms with Gasteiger partial charge in [-0.1, -0.05) is 30.7 Å². The highest BCUT2D eigenvalue weighted by atomic mass is 35.5. The Labute approximate surface area is 88.2 Å². The van der Waals surface area contributed by atoms with Crippen molar-refractivity contribution in [1.82, 2.24) is 0 Å². The summed E-state index contributed by atoms with van der Waals surface area (Å²) in [5, 5.41) is 3.24. The number of carbonyl (C=O) groups excluding carboxylic acids is 1. The number of hydrogen-bond donors (Lipinski definition) is 2. The van der Waals surface area contributed by atoms with E-state index in [4.69, 9.17) is 17.3 Å². The van der Waals surface area contributed by atoms with Crippen LogP contribution in [0.25, 0.3) is 0 Å². The Morgan fingerprint density at radius 1 is 1.57 bits per heavy atom. The van der Waals surface area contributed by atoms with E-state index in [-0.39, 0.29) is 11.8 Å². The molecule has 1 rings (SSSR count). The fourth-order valence-corrected chi connectivity index (χ4v) is 1.11. The maximum Gasteiger partial charge on any atom is 0.228 e. The first kappa shape index (κ1) is 11.0. The van der Waals surface area contributed by atoms with Crippen LogP contribution in [0.2, 0.25) is 5.02 Å². The molecule has 0 saturated heterocycles. The van der Waals surface area contributed by atoms with E-state index >= 15 is 0 Å². The number of benzene rings is 1. The third-order valence-corrected chi connectivity index (χ3v) is 2.26. The van der Waals surface area contributed by atoms with E-state index in [1.165, 1.54) is 0 Å². The van der Waals surface area contributed by atoms with Crippen LogP contribution in [0.3, 0.4) is 0 Å². The zero-order valence-corrected chi connectivity index (χ0v) is 8.71. The van der Waals surface area contributed by atoms with Gasteiger partial charge in [-0.2, -0.15) is 0 Å². The van der Waals surface area contributed by atoms with Gasteiger partial charge in [0.15, 0.2) is 0 Å². The van der Waals surface area contributed by atoms with Crippen molar-refractivity contribution in [1.29, 1.82) is 0 Å². The lowest BCUT2D eigenvalue weighted by molar-refractivity contribution is -0.119. The van der Waals surface area contributed by atoms with Gasteiger partial charge in [-0.15, -0.1) is 0 Å². The predicted molar refractivity (Wildman–Crippen MR) is 58.3 cm³/mol. The molecule has 1 unspecified atom stereocenters. The van der Waals surface area contributed by atoms with Gasteiger partial charge in [0.2, 0.25) is 5.91 Å². The van der Waals surface area contributed by atoms with Crippen molar-refractivity contribution in [3.05, 3.63) is 29.3 Å². The van der Waals surface area contributed by atoms with E-state index in [2.05, 4.69) is 5.32 Å². The normalized spacial score (nSPS) is 12.2. The highest BCUT2D eigenvalue weighted by Gasteiger charge is 2.11. The number of para-hydroxylation sites is 1. The average Bonchev–Trinajstić information content (AvgIpc) is 2.20. The van der Waals surface area contributed by atoms with Gasteiger partial charge in [0, 0.05) is 12.5 Å². The summed E-state index contributed by atoms with van der Waals surface area (Å²) in [7, 11) is 0. The molecule has 0 aliphatic carbocycles. The smallest absolute Gasteiger partial charge is 0.228 e. The molecule has 0 bridgehead atoms. The van der Waals surface area contributed by atoms with Gasteiger partial charge in [0.1, 0.15) is 0 Å². The van der Waals surface area contributed by atoms with Crippen molar-refractivity contribution in [2.24, 2.45) is 11.7 Å². The third kappa shape index (κ3) is 2.72. The van der Waals surface area contributed by atoms with Crippen LogP contribution in [-0.2, 0) is 4.79 Å². The lowest BCUT2D eigenvalue weighted by atomic mass is 10.1. The van der Waals surface area contributed by atoms with Crippen LogP contribution in [0, 0.1) is 5.92 Å². The van der Waals surface area contributed by atoms with Crippen molar-refractivity contribution < 1.29 is 4.79 Å². The first-order valence-electron chi connectivity index (χ1n) is 4.40. The van der Waals surface area contributed by atoms with Gasteiger partial charge in [-0.05, 0) is 12.1 Å². The SMILES string of the molecule is CC(CN)C(=O)Nc1ccccc1Cl. The molecule has 0 aliphatic heterocycles. The molecule has 1 aromatic carbocycles. The van der Waals surface area contributed by atoms with Crippen LogP contribution in [0.1, 0.15) is 6.92 Å². The molecule has 0 spiro atoms. The summed E-state index contributed by atoms with van der Waals surface area (Å²) >= 11 is 5.87. The van der Waals surface area contributed by atoms with Crippen LogP contribution < -0.4 is 11.1 Å². The average molecular weight is 213 g/mol. The third-order valence-electron chi connectivity index (χ3n) is 1.93. The summed E-state index contributed by atoms with van der Waals surface area (Å²) in [5.74, 6) is -0.313. The van der Waals surface area contributed by atoms with Gasteiger partial charge in [0.05, 0.1) is 10.7 Å². The molecule has 0 fully saturated rings. The Balaban J connectivity index is 2.70. The highest BCUT2D eigenvalue weighted by Crippen LogP contribution is 2.20. The highest BCUT2D eigenvalue weighted by molar-refractivity contribution is 6.33. The van der Waals surface area contributed by atoms with Crippen molar-refractivity contribution >= 4 is 23.2 Å². The topological polar surface area (TPSA) is 55.1 Å². The maximum atomic E-state index is 11.4. The van der Waals surface area contributed by atoms with Crippen LogP contribution in [0.4, 0.5) is 5.69 Å². The minimum absolute atomic E-state index is 0.111. The minimum Gasteiger partial charge on any atom is -0.330 e. The molecule has 0 radical (unpaired) electrons. The van der Waals surface area contributed by atoms with Gasteiger partial charge in [-0.25, -0.2) is 0 Å². The van der Waals surface area contributed by atoms with Gasteiger partial charge in [0.25, 0.3) is 0 Å². The Hall–Kier alpha value is -1.06. The number of hydrogen-bond acceptors (Lipinski definition) is 2. The summed E-state index contributed by atoms with van der Waals surface area (Å²) in [6, 6.07) is 7.10. The predicted octanol–water partition coefficient (Wildman–Crippen LogP) is 1.87. The van der Waals surface area contributed by atoms with Crippen molar-refractivity contribution in [3.8, 4) is 0 Å². The molecule has 0 heterocycles. The second-order valence-electron chi connectivity index (χ2n) is 3.11. The van der Waals surface area contributed by atoms with E-state index in [9.17, 15) is 4.79 Å². The molecule has 76 valence electrons. The summed E-state index contributed by atoms with van der Waals surface area (Å²) < 4.78 is 0. The molecule has 3 N–H and O–H groups in total. The molecule has 0 aliphatic rings. The monoisotopic (exact) mass is 212 g/mol. The van der Waals surface area contributed by atoms with Gasteiger partial charge < -0.3 is 11.1 Å². The summed E-state index contributed by atoms with van der Waals surface area (Å²) in [4.78, 5) is 11.4. The van der Waals surface area contributed by atoms with E-state index in [1.807, 2.05) is 12.1 Å². The molecule has 0 aromatic heterocycles. The molecule has 4 heteroatoms. The lowest BCUT2D eigenvalue weighted by Gasteiger charge is -2.10. The number of nitrogens with two attached hydrogens (primary N) is 1. The van der Waals surface area contributed by atoms with Crippen molar-refractivity contribution in [3.63, 3.8) is 0 Å². The van der Waals surface area contributed by atoms with Crippen LogP contribution in [0.5, 0.6) is 0 Å². The Morgan fingerprint density at radius 3 is 2.79 bits per heavy atom. The number of nitrogens with one attached hydrogen (secondary N) is 1. The maximum absolute atomic E-state index is 11.4. The second-order valence-corrected chi connectivity index (χ2v) is 3.51. The van der Waals surface area contributed by atoms with Crippen LogP contribution in [0.15, 0.2) is 24.3 Å². The minimum atomic E-state index is -0.203. The Morgan fingerprint density at radius 2 is 2.21 bits per heavy atom. The van der Waals surface area contributed by atoms with E-state index in [0.717, 1.165) is 0 Å². The molecular formula is C10H13ClN2O. The van der Waals surface area contributed by atoms with E-state index in [1.54, 1.807) is 19.1 Å². The van der Waals surface area contributed by atoms with Gasteiger partial charge in [-0.3, -0.25) is 4.79 Å². The lowest BCUT2D eigenvalue weighted by Crippen LogP contribution is -2.26.